The lowest BCUT2D eigenvalue weighted by Gasteiger charge is -2.55. The van der Waals surface area contributed by atoms with Crippen LogP contribution in [0.2, 0.25) is 0 Å². The molecule has 2 aliphatic rings. The van der Waals surface area contributed by atoms with Crippen LogP contribution in [0.25, 0.3) is 0 Å². The summed E-state index contributed by atoms with van der Waals surface area (Å²) in [7, 11) is 1.59. The van der Waals surface area contributed by atoms with Crippen molar-refractivity contribution in [2.24, 2.45) is 5.41 Å². The average molecular weight is 577 g/mol. The topological polar surface area (TPSA) is 146 Å². The van der Waals surface area contributed by atoms with Gasteiger partial charge in [0.05, 0.1) is 7.11 Å². The normalized spacial score (nSPS) is 22.4. The van der Waals surface area contributed by atoms with E-state index in [0.29, 0.717) is 17.3 Å². The lowest BCUT2D eigenvalue weighted by Crippen LogP contribution is -2.76. The first-order chi connectivity index (χ1) is 18.3. The number of fused-ring (bicyclic) bond motifs is 1. The SMILES string of the molecule is COc1ccc(COC(=O)C2(CSc3nnc(C)s3)CS[C@@H]3C(N(C(C)=O)n4cnnn4)C(=O)N3C2)cc1. The molecule has 13 nitrogen and oxygen atoms in total. The molecule has 3 aromatic rings. The van der Waals surface area contributed by atoms with Gasteiger partial charge in [-0.05, 0) is 35.0 Å². The number of benzene rings is 1. The second kappa shape index (κ2) is 10.9. The third kappa shape index (κ3) is 5.07. The van der Waals surface area contributed by atoms with Crippen molar-refractivity contribution in [3.8, 4) is 5.75 Å². The van der Waals surface area contributed by atoms with Crippen LogP contribution in [-0.4, -0.2) is 89.8 Å². The second-order valence-corrected chi connectivity index (χ2v) is 12.3. The number of carbonyl (C=O) groups excluding carboxylic acids is 3. The molecule has 1 aromatic carbocycles. The summed E-state index contributed by atoms with van der Waals surface area (Å²) in [6.07, 6.45) is 1.27. The van der Waals surface area contributed by atoms with Crippen LogP contribution in [0.5, 0.6) is 5.75 Å². The van der Waals surface area contributed by atoms with Crippen molar-refractivity contribution in [1.82, 2.24) is 35.4 Å². The maximum Gasteiger partial charge on any atom is 0.315 e. The van der Waals surface area contributed by atoms with Gasteiger partial charge in [-0.3, -0.25) is 14.4 Å². The van der Waals surface area contributed by atoms with E-state index < -0.39 is 17.4 Å². The van der Waals surface area contributed by atoms with Gasteiger partial charge < -0.3 is 14.4 Å². The molecule has 2 aliphatic heterocycles. The summed E-state index contributed by atoms with van der Waals surface area (Å²) in [4.78, 5) is 42.1. The Morgan fingerprint density at radius 3 is 2.68 bits per heavy atom. The smallest absolute Gasteiger partial charge is 0.315 e. The number of nitrogens with zero attached hydrogens (tertiary/aromatic N) is 8. The van der Waals surface area contributed by atoms with E-state index in [1.807, 2.05) is 19.1 Å². The minimum atomic E-state index is -0.978. The fourth-order valence-corrected chi connectivity index (χ4v) is 7.95. The maximum atomic E-state index is 13.6. The van der Waals surface area contributed by atoms with Crippen molar-refractivity contribution < 1.29 is 23.9 Å². The number of tetrazole rings is 1. The molecule has 200 valence electrons. The number of amides is 2. The first kappa shape index (κ1) is 26.4. The molecule has 2 saturated heterocycles. The Hall–Kier alpha value is -3.24. The molecule has 0 bridgehead atoms. The van der Waals surface area contributed by atoms with Gasteiger partial charge >= 0.3 is 5.97 Å². The van der Waals surface area contributed by atoms with E-state index >= 15 is 0 Å². The Morgan fingerprint density at radius 2 is 2.05 bits per heavy atom. The summed E-state index contributed by atoms with van der Waals surface area (Å²) in [5.74, 6) is 0.424. The number of hydrogen-bond donors (Lipinski definition) is 0. The Labute approximate surface area is 230 Å². The van der Waals surface area contributed by atoms with Gasteiger partial charge in [0.2, 0.25) is 5.91 Å². The number of hydrogen-bond acceptors (Lipinski definition) is 13. The highest BCUT2D eigenvalue weighted by molar-refractivity contribution is 8.01. The number of β-lactam (4-membered cyclic amide) rings is 1. The molecule has 16 heteroatoms. The van der Waals surface area contributed by atoms with Crippen LogP contribution in [0.1, 0.15) is 17.5 Å². The van der Waals surface area contributed by atoms with E-state index in [9.17, 15) is 14.4 Å². The quantitative estimate of drug-likeness (QED) is 0.204. The fourth-order valence-electron chi connectivity index (χ4n) is 4.25. The molecule has 2 aromatic heterocycles. The number of aromatic nitrogens is 6. The van der Waals surface area contributed by atoms with Gasteiger partial charge in [0.15, 0.2) is 16.7 Å². The molecule has 0 N–H and O–H groups in total. The lowest BCUT2D eigenvalue weighted by molar-refractivity contribution is -0.162. The molecule has 0 radical (unpaired) electrons. The Bertz CT molecular complexity index is 1320. The van der Waals surface area contributed by atoms with Crippen molar-refractivity contribution in [2.45, 2.75) is 36.2 Å². The summed E-state index contributed by atoms with van der Waals surface area (Å²) in [6.45, 7) is 3.47. The Morgan fingerprint density at radius 1 is 1.26 bits per heavy atom. The van der Waals surface area contributed by atoms with Crippen LogP contribution in [0.4, 0.5) is 0 Å². The lowest BCUT2D eigenvalue weighted by atomic mass is 9.89. The number of rotatable bonds is 9. The number of aryl methyl sites for hydroxylation is 1. The van der Waals surface area contributed by atoms with Gasteiger partial charge in [-0.1, -0.05) is 35.2 Å². The van der Waals surface area contributed by atoms with E-state index in [2.05, 4.69) is 25.7 Å². The average Bonchev–Trinajstić information content (AvgIpc) is 3.61. The first-order valence-corrected chi connectivity index (χ1v) is 14.3. The van der Waals surface area contributed by atoms with E-state index in [0.717, 1.165) is 14.9 Å². The standard InChI is InChI=1S/C22H24N8O5S3/c1-13-24-25-21(38-13)37-11-22(20(33)35-8-15-4-6-16(34-3)7-5-15)9-28-18(32)17(19(28)36-10-22)30(14(2)31)29-12-23-26-27-29/h4-7,12,17,19H,8-11H2,1-3H3/t17?,19-,22?/m1/s1. The number of esters is 1. The largest absolute Gasteiger partial charge is 0.497 e. The van der Waals surface area contributed by atoms with Crippen LogP contribution in [0.3, 0.4) is 0 Å². The molecular weight excluding hydrogens is 552 g/mol. The van der Waals surface area contributed by atoms with Gasteiger partial charge in [0, 0.05) is 25.0 Å². The monoisotopic (exact) mass is 576 g/mol. The van der Waals surface area contributed by atoms with Crippen molar-refractivity contribution in [1.29, 1.82) is 0 Å². The zero-order valence-electron chi connectivity index (χ0n) is 20.7. The van der Waals surface area contributed by atoms with E-state index in [1.54, 1.807) is 24.1 Å². The maximum absolute atomic E-state index is 13.6. The number of ether oxygens (including phenoxy) is 2. The van der Waals surface area contributed by atoms with E-state index in [4.69, 9.17) is 9.47 Å². The molecule has 0 spiro atoms. The predicted molar refractivity (Wildman–Crippen MR) is 139 cm³/mol. The molecule has 0 saturated carbocycles. The Balaban J connectivity index is 1.33. The second-order valence-electron chi connectivity index (χ2n) is 8.79. The summed E-state index contributed by atoms with van der Waals surface area (Å²) in [5, 5.41) is 20.9. The molecule has 2 fully saturated rings. The Kier molecular flexibility index (Phi) is 7.54. The molecule has 5 rings (SSSR count). The summed E-state index contributed by atoms with van der Waals surface area (Å²) in [6, 6.07) is 6.51. The predicted octanol–water partition coefficient (Wildman–Crippen LogP) is 1.13. The highest BCUT2D eigenvalue weighted by atomic mass is 32.2. The van der Waals surface area contributed by atoms with Gasteiger partial charge in [0.1, 0.15) is 28.2 Å². The van der Waals surface area contributed by atoms with E-state index in [1.165, 1.54) is 57.9 Å². The van der Waals surface area contributed by atoms with Gasteiger partial charge in [-0.25, -0.2) is 5.01 Å². The number of methoxy groups -OCH3 is 1. The number of thioether (sulfide) groups is 2. The third-order valence-electron chi connectivity index (χ3n) is 6.20. The molecule has 2 amide bonds. The molecule has 38 heavy (non-hydrogen) atoms. The minimum Gasteiger partial charge on any atom is -0.497 e. The highest BCUT2D eigenvalue weighted by Crippen LogP contribution is 2.46. The van der Waals surface area contributed by atoms with Crippen molar-refractivity contribution in [3.05, 3.63) is 41.2 Å². The van der Waals surface area contributed by atoms with Crippen LogP contribution < -0.4 is 9.75 Å². The molecule has 3 atom stereocenters. The minimum absolute atomic E-state index is 0.0925. The van der Waals surface area contributed by atoms with Crippen LogP contribution in [0.15, 0.2) is 34.9 Å². The molecule has 4 heterocycles. The van der Waals surface area contributed by atoms with Gasteiger partial charge in [-0.15, -0.1) is 31.8 Å². The zero-order chi connectivity index (χ0) is 26.9. The van der Waals surface area contributed by atoms with Crippen molar-refractivity contribution in [3.63, 3.8) is 0 Å². The van der Waals surface area contributed by atoms with Crippen LogP contribution in [0, 0.1) is 12.3 Å². The van der Waals surface area contributed by atoms with Crippen molar-refractivity contribution >= 4 is 52.6 Å². The molecule has 0 aliphatic carbocycles. The fraction of sp³-hybridized carbons (Fsp3) is 0.455. The van der Waals surface area contributed by atoms with Crippen LogP contribution in [-0.2, 0) is 25.7 Å². The summed E-state index contributed by atoms with van der Waals surface area (Å²) < 4.78 is 11.7. The van der Waals surface area contributed by atoms with Gasteiger partial charge in [-0.2, -0.15) is 0 Å². The first-order valence-electron chi connectivity index (χ1n) is 11.5. The molecular formula is C22H24N8O5S3. The van der Waals surface area contributed by atoms with Crippen LogP contribution >= 0.6 is 34.9 Å². The van der Waals surface area contributed by atoms with Crippen molar-refractivity contribution in [2.75, 3.05) is 30.2 Å². The zero-order valence-corrected chi connectivity index (χ0v) is 23.2. The highest BCUT2D eigenvalue weighted by Gasteiger charge is 2.60. The van der Waals surface area contributed by atoms with E-state index in [-0.39, 0.29) is 30.3 Å². The van der Waals surface area contributed by atoms with Gasteiger partial charge in [0.25, 0.3) is 5.91 Å². The third-order valence-corrected chi connectivity index (χ3v) is 10.0. The summed E-state index contributed by atoms with van der Waals surface area (Å²) >= 11 is 4.30. The summed E-state index contributed by atoms with van der Waals surface area (Å²) in [5.41, 5.74) is -0.157. The molecule has 2 unspecified atom stereocenters. The number of carbonyl (C=O) groups is 3.